The molecule has 5 rings (SSSR count). The van der Waals surface area contributed by atoms with Crippen molar-refractivity contribution in [1.29, 1.82) is 0 Å². The molecule has 1 atom stereocenters. The number of hydrogen-bond acceptors (Lipinski definition) is 4. The summed E-state index contributed by atoms with van der Waals surface area (Å²) < 4.78 is 13.6. The number of carbonyl (C=O) groups is 2. The summed E-state index contributed by atoms with van der Waals surface area (Å²) in [6.45, 7) is 1.40. The third kappa shape index (κ3) is 3.78. The van der Waals surface area contributed by atoms with Crippen molar-refractivity contribution in [2.24, 2.45) is 5.73 Å². The Labute approximate surface area is 200 Å². The first kappa shape index (κ1) is 22.3. The van der Waals surface area contributed by atoms with Crippen LogP contribution in [0.2, 0.25) is 5.02 Å². The minimum atomic E-state index is -0.628. The second-order valence-electron chi connectivity index (χ2n) is 8.81. The molecule has 1 saturated heterocycles. The van der Waals surface area contributed by atoms with Gasteiger partial charge in [0.25, 0.3) is 11.8 Å². The molecule has 0 spiro atoms. The number of nitrogens with zero attached hydrogens (tertiary/aromatic N) is 3. The summed E-state index contributed by atoms with van der Waals surface area (Å²) in [6.07, 6.45) is 0.940. The van der Waals surface area contributed by atoms with Gasteiger partial charge in [-0.1, -0.05) is 11.6 Å². The van der Waals surface area contributed by atoms with Gasteiger partial charge >= 0.3 is 0 Å². The van der Waals surface area contributed by atoms with Gasteiger partial charge in [-0.25, -0.2) is 9.37 Å². The van der Waals surface area contributed by atoms with E-state index in [0.717, 1.165) is 11.8 Å². The summed E-state index contributed by atoms with van der Waals surface area (Å²) in [7, 11) is 4.04. The Kier molecular flexibility index (Phi) is 5.50. The number of nitrogens with two attached hydrogens (primary N) is 1. The zero-order valence-corrected chi connectivity index (χ0v) is 19.5. The lowest BCUT2D eigenvalue weighted by molar-refractivity contribution is 0.0783. The largest absolute Gasteiger partial charge is 0.366 e. The quantitative estimate of drug-likeness (QED) is 0.461. The molecule has 0 saturated carbocycles. The highest BCUT2D eigenvalue weighted by Crippen LogP contribution is 2.32. The van der Waals surface area contributed by atoms with Crippen molar-refractivity contribution in [2.45, 2.75) is 12.5 Å². The molecular formula is C25H23ClFN5O2. The number of likely N-dealkylation sites (tertiary alicyclic amines) is 1. The Morgan fingerprint density at radius 3 is 2.68 bits per heavy atom. The third-order valence-electron chi connectivity index (χ3n) is 6.46. The molecule has 0 radical (unpaired) electrons. The summed E-state index contributed by atoms with van der Waals surface area (Å²) in [4.78, 5) is 37.3. The van der Waals surface area contributed by atoms with Gasteiger partial charge in [0.05, 0.1) is 27.3 Å². The molecule has 2 aromatic carbocycles. The lowest BCUT2D eigenvalue weighted by atomic mass is 10.1. The highest BCUT2D eigenvalue weighted by Gasteiger charge is 2.28. The molecule has 0 unspecified atom stereocenters. The highest BCUT2D eigenvalue weighted by atomic mass is 35.5. The van der Waals surface area contributed by atoms with Gasteiger partial charge in [0.2, 0.25) is 0 Å². The maximum absolute atomic E-state index is 13.6. The van der Waals surface area contributed by atoms with E-state index in [1.165, 1.54) is 12.1 Å². The number of rotatable bonds is 4. The number of halogens is 2. The number of pyridine rings is 1. The number of primary amides is 1. The monoisotopic (exact) mass is 479 g/mol. The topological polar surface area (TPSA) is 95.3 Å². The number of benzene rings is 2. The number of fused-ring (bicyclic) bond motifs is 3. The van der Waals surface area contributed by atoms with Crippen LogP contribution in [0.25, 0.3) is 33.2 Å². The molecule has 1 aliphatic rings. The number of aromatic nitrogens is 2. The van der Waals surface area contributed by atoms with Crippen LogP contribution in [0.3, 0.4) is 0 Å². The van der Waals surface area contributed by atoms with Crippen molar-refractivity contribution in [3.63, 3.8) is 0 Å². The average Bonchev–Trinajstić information content (AvgIpc) is 3.44. The van der Waals surface area contributed by atoms with E-state index in [1.807, 2.05) is 25.1 Å². The summed E-state index contributed by atoms with van der Waals surface area (Å²) in [5, 5.41) is 0.706. The van der Waals surface area contributed by atoms with E-state index >= 15 is 0 Å². The van der Waals surface area contributed by atoms with Crippen LogP contribution in [0.4, 0.5) is 4.39 Å². The van der Waals surface area contributed by atoms with E-state index in [-0.39, 0.29) is 16.5 Å². The van der Waals surface area contributed by atoms with Crippen LogP contribution in [-0.2, 0) is 0 Å². The molecule has 0 aliphatic carbocycles. The van der Waals surface area contributed by atoms with E-state index in [1.54, 1.807) is 24.3 Å². The first-order chi connectivity index (χ1) is 16.2. The van der Waals surface area contributed by atoms with Gasteiger partial charge in [-0.2, -0.15) is 0 Å². The summed E-state index contributed by atoms with van der Waals surface area (Å²) in [5.41, 5.74) is 9.16. The standard InChI is InChI=1S/C25H23ClFN5O2/c1-31(2)15-7-8-32(12-15)25(34)14-3-5-16-21(10-14)30-23-17(24(28)33)11-20(29-22(16)23)13-4-6-19(27)18(26)9-13/h3-6,9-11,15,30H,7-8,12H2,1-2H3,(H2,28,33)/t15-/m0/s1. The molecule has 7 nitrogen and oxygen atoms in total. The van der Waals surface area contributed by atoms with Crippen molar-refractivity contribution in [1.82, 2.24) is 19.8 Å². The maximum Gasteiger partial charge on any atom is 0.253 e. The molecule has 1 fully saturated rings. The van der Waals surface area contributed by atoms with Gasteiger partial charge in [0, 0.05) is 41.2 Å². The SMILES string of the molecule is CN(C)[C@H]1CCN(C(=O)c2ccc3c(c2)[nH]c2c(C(N)=O)cc(-c4ccc(F)c(Cl)c4)nc23)C1. The van der Waals surface area contributed by atoms with Crippen LogP contribution in [0.15, 0.2) is 42.5 Å². The number of amides is 2. The number of nitrogens with one attached hydrogen (secondary N) is 1. The van der Waals surface area contributed by atoms with Crippen molar-refractivity contribution in [3.8, 4) is 11.3 Å². The van der Waals surface area contributed by atoms with Crippen molar-refractivity contribution in [2.75, 3.05) is 27.2 Å². The zero-order chi connectivity index (χ0) is 24.1. The van der Waals surface area contributed by atoms with Crippen molar-refractivity contribution in [3.05, 3.63) is 64.4 Å². The molecule has 0 bridgehead atoms. The Morgan fingerprint density at radius 1 is 1.21 bits per heavy atom. The summed E-state index contributed by atoms with van der Waals surface area (Å²) in [6, 6.07) is 11.5. The normalized spacial score (nSPS) is 16.1. The minimum Gasteiger partial charge on any atom is -0.366 e. The fourth-order valence-corrected chi connectivity index (χ4v) is 4.70. The molecular weight excluding hydrogens is 457 g/mol. The molecule has 9 heteroatoms. The van der Waals surface area contributed by atoms with Crippen molar-refractivity contribution < 1.29 is 14.0 Å². The molecule has 2 amide bonds. The van der Waals surface area contributed by atoms with Gasteiger partial charge in [-0.15, -0.1) is 0 Å². The number of H-pyrrole nitrogens is 1. The van der Waals surface area contributed by atoms with Crippen LogP contribution in [0, 0.1) is 5.82 Å². The van der Waals surface area contributed by atoms with Crippen molar-refractivity contribution >= 4 is 45.4 Å². The molecule has 3 N–H and O–H groups in total. The fraction of sp³-hybridized carbons (Fsp3) is 0.240. The van der Waals surface area contributed by atoms with Crippen LogP contribution in [0.5, 0.6) is 0 Å². The van der Waals surface area contributed by atoms with Gasteiger partial charge in [0.15, 0.2) is 0 Å². The van der Waals surface area contributed by atoms with E-state index in [2.05, 4.69) is 9.88 Å². The second kappa shape index (κ2) is 8.38. The van der Waals surface area contributed by atoms with Gasteiger partial charge in [0.1, 0.15) is 5.82 Å². The van der Waals surface area contributed by atoms with Gasteiger partial charge < -0.3 is 20.5 Å². The Balaban J connectivity index is 1.59. The Bertz CT molecular complexity index is 1460. The van der Waals surface area contributed by atoms with Crippen LogP contribution < -0.4 is 5.73 Å². The number of aromatic amines is 1. The molecule has 34 heavy (non-hydrogen) atoms. The smallest absolute Gasteiger partial charge is 0.253 e. The highest BCUT2D eigenvalue weighted by molar-refractivity contribution is 6.31. The predicted octanol–water partition coefficient (Wildman–Crippen LogP) is 4.05. The van der Waals surface area contributed by atoms with Gasteiger partial charge in [-0.3, -0.25) is 9.59 Å². The average molecular weight is 480 g/mol. The van der Waals surface area contributed by atoms with Crippen LogP contribution in [0.1, 0.15) is 27.1 Å². The summed E-state index contributed by atoms with van der Waals surface area (Å²) in [5.74, 6) is -1.20. The van der Waals surface area contributed by atoms with E-state index in [9.17, 15) is 14.0 Å². The first-order valence-electron chi connectivity index (χ1n) is 10.9. The summed E-state index contributed by atoms with van der Waals surface area (Å²) >= 11 is 5.95. The minimum absolute atomic E-state index is 0.0327. The maximum atomic E-state index is 13.6. The zero-order valence-electron chi connectivity index (χ0n) is 18.7. The molecule has 2 aromatic heterocycles. The Morgan fingerprint density at radius 2 is 2.00 bits per heavy atom. The van der Waals surface area contributed by atoms with E-state index in [0.29, 0.717) is 52.5 Å². The second-order valence-corrected chi connectivity index (χ2v) is 9.22. The van der Waals surface area contributed by atoms with E-state index in [4.69, 9.17) is 22.3 Å². The first-order valence-corrected chi connectivity index (χ1v) is 11.3. The predicted molar refractivity (Wildman–Crippen MR) is 131 cm³/mol. The van der Waals surface area contributed by atoms with Crippen LogP contribution >= 0.6 is 11.6 Å². The lowest BCUT2D eigenvalue weighted by Crippen LogP contribution is -2.34. The Hall–Kier alpha value is -3.49. The van der Waals surface area contributed by atoms with Crippen LogP contribution in [-0.4, -0.2) is 64.8 Å². The number of hydrogen-bond donors (Lipinski definition) is 2. The number of carbonyl (C=O) groups excluding carboxylic acids is 2. The fourth-order valence-electron chi connectivity index (χ4n) is 4.52. The lowest BCUT2D eigenvalue weighted by Gasteiger charge is -2.20. The third-order valence-corrected chi connectivity index (χ3v) is 6.75. The van der Waals surface area contributed by atoms with Gasteiger partial charge in [-0.05, 0) is 63.0 Å². The van der Waals surface area contributed by atoms with E-state index < -0.39 is 11.7 Å². The molecule has 174 valence electrons. The number of likely N-dealkylation sites (N-methyl/N-ethyl adjacent to an activating group) is 1. The molecule has 4 aromatic rings. The molecule has 1 aliphatic heterocycles. The molecule has 3 heterocycles.